The van der Waals surface area contributed by atoms with Crippen molar-refractivity contribution >= 4 is 16.0 Å². The Kier molecular flexibility index (Phi) is 7.36. The van der Waals surface area contributed by atoms with Crippen molar-refractivity contribution in [2.24, 2.45) is 0 Å². The average molecular weight is 375 g/mol. The minimum absolute atomic E-state index is 0.0651. The van der Waals surface area contributed by atoms with Crippen LogP contribution in [0.2, 0.25) is 0 Å². The molecule has 0 spiro atoms. The van der Waals surface area contributed by atoms with E-state index in [1.54, 1.807) is 14.0 Å². The molecule has 0 amide bonds. The lowest BCUT2D eigenvalue weighted by Crippen LogP contribution is -2.29. The van der Waals surface area contributed by atoms with Crippen molar-refractivity contribution in [2.75, 3.05) is 19.4 Å². The Labute approximate surface area is 155 Å². The van der Waals surface area contributed by atoms with Crippen LogP contribution >= 0.6 is 0 Å². The first-order chi connectivity index (χ1) is 12.4. The number of esters is 1. The molecule has 0 N–H and O–H groups in total. The highest BCUT2D eigenvalue weighted by Crippen LogP contribution is 2.20. The Morgan fingerprint density at radius 2 is 1.62 bits per heavy atom. The van der Waals surface area contributed by atoms with Crippen LogP contribution in [0.1, 0.15) is 25.3 Å². The first kappa shape index (κ1) is 20.1. The Morgan fingerprint density at radius 1 is 1.00 bits per heavy atom. The van der Waals surface area contributed by atoms with Crippen molar-refractivity contribution in [1.82, 2.24) is 4.31 Å². The van der Waals surface area contributed by atoms with Crippen LogP contribution in [-0.4, -0.2) is 38.1 Å². The molecule has 0 fully saturated rings. The van der Waals surface area contributed by atoms with Crippen LogP contribution in [0.3, 0.4) is 0 Å². The molecule has 0 atom stereocenters. The van der Waals surface area contributed by atoms with Crippen molar-refractivity contribution in [2.45, 2.75) is 26.3 Å². The maximum absolute atomic E-state index is 12.3. The number of ether oxygens (including phenoxy) is 1. The van der Waals surface area contributed by atoms with E-state index in [-0.39, 0.29) is 24.6 Å². The van der Waals surface area contributed by atoms with E-state index in [9.17, 15) is 13.2 Å². The number of hydrogen-bond donors (Lipinski definition) is 0. The van der Waals surface area contributed by atoms with E-state index in [0.717, 1.165) is 16.7 Å². The van der Waals surface area contributed by atoms with Gasteiger partial charge in [0.25, 0.3) is 0 Å². The zero-order valence-corrected chi connectivity index (χ0v) is 16.0. The molecule has 6 heteroatoms. The number of sulfonamides is 1. The molecule has 0 aliphatic heterocycles. The van der Waals surface area contributed by atoms with Crippen LogP contribution in [0.15, 0.2) is 54.6 Å². The fourth-order valence-electron chi connectivity index (χ4n) is 2.58. The maximum Gasteiger partial charge on any atom is 0.305 e. The number of carbonyl (C=O) groups excluding carboxylic acids is 1. The Bertz CT molecular complexity index is 801. The van der Waals surface area contributed by atoms with Gasteiger partial charge in [0, 0.05) is 20.0 Å². The van der Waals surface area contributed by atoms with Crippen LogP contribution in [0.5, 0.6) is 0 Å². The molecule has 0 bridgehead atoms. The van der Waals surface area contributed by atoms with Gasteiger partial charge < -0.3 is 4.74 Å². The first-order valence-corrected chi connectivity index (χ1v) is 10.3. The van der Waals surface area contributed by atoms with Gasteiger partial charge in [0.15, 0.2) is 0 Å². The molecule has 2 aromatic carbocycles. The summed E-state index contributed by atoms with van der Waals surface area (Å²) < 4.78 is 30.8. The lowest BCUT2D eigenvalue weighted by atomic mass is 10.0. The normalized spacial score (nSPS) is 11.5. The summed E-state index contributed by atoms with van der Waals surface area (Å²) in [5.41, 5.74) is 3.13. The Balaban J connectivity index is 1.91. The van der Waals surface area contributed by atoms with E-state index in [1.165, 1.54) is 4.31 Å². The summed E-state index contributed by atoms with van der Waals surface area (Å²) in [6.07, 6.45) is 0.380. The average Bonchev–Trinajstić information content (AvgIpc) is 2.63. The number of benzene rings is 2. The van der Waals surface area contributed by atoms with E-state index in [1.807, 2.05) is 54.6 Å². The van der Waals surface area contributed by atoms with Crippen LogP contribution in [-0.2, 0) is 26.1 Å². The zero-order valence-electron chi connectivity index (χ0n) is 15.2. The molecule has 0 aliphatic carbocycles. The van der Waals surface area contributed by atoms with Gasteiger partial charge in [0.1, 0.15) is 0 Å². The van der Waals surface area contributed by atoms with Crippen molar-refractivity contribution in [1.29, 1.82) is 0 Å². The van der Waals surface area contributed by atoms with Crippen molar-refractivity contribution in [3.63, 3.8) is 0 Å². The summed E-state index contributed by atoms with van der Waals surface area (Å²) >= 11 is 0. The molecule has 0 unspecified atom stereocenters. The van der Waals surface area contributed by atoms with Gasteiger partial charge >= 0.3 is 5.97 Å². The van der Waals surface area contributed by atoms with Crippen molar-refractivity contribution < 1.29 is 17.9 Å². The highest BCUT2D eigenvalue weighted by molar-refractivity contribution is 7.89. The van der Waals surface area contributed by atoms with Crippen LogP contribution in [0.4, 0.5) is 0 Å². The fraction of sp³-hybridized carbons (Fsp3) is 0.350. The summed E-state index contributed by atoms with van der Waals surface area (Å²) in [4.78, 5) is 11.3. The van der Waals surface area contributed by atoms with Crippen LogP contribution < -0.4 is 0 Å². The molecule has 0 aromatic heterocycles. The smallest absolute Gasteiger partial charge is 0.305 e. The van der Waals surface area contributed by atoms with Gasteiger partial charge in [-0.2, -0.15) is 0 Å². The minimum atomic E-state index is -3.41. The molecule has 0 aliphatic rings. The minimum Gasteiger partial charge on any atom is -0.466 e. The summed E-state index contributed by atoms with van der Waals surface area (Å²) in [5.74, 6) is -0.424. The first-order valence-electron chi connectivity index (χ1n) is 8.66. The molecule has 0 saturated carbocycles. The van der Waals surface area contributed by atoms with E-state index >= 15 is 0 Å². The largest absolute Gasteiger partial charge is 0.466 e. The van der Waals surface area contributed by atoms with Gasteiger partial charge in [0.05, 0.1) is 12.4 Å². The van der Waals surface area contributed by atoms with Crippen molar-refractivity contribution in [3.05, 3.63) is 60.2 Å². The lowest BCUT2D eigenvalue weighted by Gasteiger charge is -2.17. The number of rotatable bonds is 9. The molecule has 2 aromatic rings. The summed E-state index contributed by atoms with van der Waals surface area (Å²) in [5, 5.41) is 0. The van der Waals surface area contributed by atoms with E-state index in [2.05, 4.69) is 0 Å². The van der Waals surface area contributed by atoms with Crippen LogP contribution in [0.25, 0.3) is 11.1 Å². The molecule has 140 valence electrons. The molecule has 0 saturated heterocycles. The van der Waals surface area contributed by atoms with Gasteiger partial charge in [-0.1, -0.05) is 54.6 Å². The third-order valence-corrected chi connectivity index (χ3v) is 5.91. The zero-order chi connectivity index (χ0) is 19.0. The second-order valence-electron chi connectivity index (χ2n) is 6.04. The lowest BCUT2D eigenvalue weighted by molar-refractivity contribution is -0.143. The second-order valence-corrected chi connectivity index (χ2v) is 8.24. The fourth-order valence-corrected chi connectivity index (χ4v) is 3.74. The monoisotopic (exact) mass is 375 g/mol. The standard InChI is InChI=1S/C20H25NO4S/c1-3-25-20(22)10-7-15-26(23,24)21(2)16-17-11-13-19(14-12-17)18-8-5-4-6-9-18/h4-6,8-9,11-14H,3,7,10,15-16H2,1-2H3. The quantitative estimate of drug-likeness (QED) is 0.630. The topological polar surface area (TPSA) is 63.7 Å². The number of carbonyl (C=O) groups is 1. The Morgan fingerprint density at radius 3 is 2.23 bits per heavy atom. The molecule has 5 nitrogen and oxygen atoms in total. The summed E-state index contributed by atoms with van der Waals surface area (Å²) in [7, 11) is -1.85. The second kappa shape index (κ2) is 9.50. The van der Waals surface area contributed by atoms with E-state index in [0.29, 0.717) is 13.2 Å². The molecule has 2 rings (SSSR count). The Hall–Kier alpha value is -2.18. The van der Waals surface area contributed by atoms with E-state index in [4.69, 9.17) is 4.74 Å². The molecule has 0 heterocycles. The predicted octanol–water partition coefficient (Wildman–Crippen LogP) is 3.46. The van der Waals surface area contributed by atoms with Gasteiger partial charge in [0.2, 0.25) is 10.0 Å². The molecule has 26 heavy (non-hydrogen) atoms. The van der Waals surface area contributed by atoms with Gasteiger partial charge in [-0.05, 0) is 30.0 Å². The van der Waals surface area contributed by atoms with Gasteiger partial charge in [-0.15, -0.1) is 0 Å². The molecular formula is C20H25NO4S. The van der Waals surface area contributed by atoms with Crippen LogP contribution in [0, 0.1) is 0 Å². The number of hydrogen-bond acceptors (Lipinski definition) is 4. The third-order valence-electron chi connectivity index (χ3n) is 4.03. The summed E-state index contributed by atoms with van der Waals surface area (Å²) in [6.45, 7) is 2.34. The van der Waals surface area contributed by atoms with Gasteiger partial charge in [-0.25, -0.2) is 12.7 Å². The maximum atomic E-state index is 12.3. The van der Waals surface area contributed by atoms with Gasteiger partial charge in [-0.3, -0.25) is 4.79 Å². The van der Waals surface area contributed by atoms with E-state index < -0.39 is 10.0 Å². The third kappa shape index (κ3) is 5.97. The SMILES string of the molecule is CCOC(=O)CCCS(=O)(=O)N(C)Cc1ccc(-c2ccccc2)cc1. The highest BCUT2D eigenvalue weighted by atomic mass is 32.2. The highest BCUT2D eigenvalue weighted by Gasteiger charge is 2.18. The van der Waals surface area contributed by atoms with Crippen molar-refractivity contribution in [3.8, 4) is 11.1 Å². The molecule has 0 radical (unpaired) electrons. The molecular weight excluding hydrogens is 350 g/mol. The predicted molar refractivity (Wildman–Crippen MR) is 103 cm³/mol. The summed E-state index contributed by atoms with van der Waals surface area (Å²) in [6, 6.07) is 17.9. The number of nitrogens with zero attached hydrogens (tertiary/aromatic N) is 1.